The van der Waals surface area contributed by atoms with Crippen LogP contribution in [0.1, 0.15) is 35.4 Å². The van der Waals surface area contributed by atoms with Gasteiger partial charge in [-0.15, -0.1) is 0 Å². The number of hydrogen-bond acceptors (Lipinski definition) is 6. The maximum absolute atomic E-state index is 6.63. The Morgan fingerprint density at radius 1 is 1.00 bits per heavy atom. The summed E-state index contributed by atoms with van der Waals surface area (Å²) >= 11 is 6.63. The Morgan fingerprint density at radius 2 is 1.79 bits per heavy atom. The summed E-state index contributed by atoms with van der Waals surface area (Å²) in [6.07, 6.45) is 10.1. The van der Waals surface area contributed by atoms with Gasteiger partial charge in [-0.25, -0.2) is 14.5 Å². The van der Waals surface area contributed by atoms with Crippen LogP contribution in [0.2, 0.25) is 5.02 Å². The molecule has 7 nitrogen and oxygen atoms in total. The lowest BCUT2D eigenvalue weighted by Crippen LogP contribution is -2.41. The predicted molar refractivity (Wildman–Crippen MR) is 133 cm³/mol. The monoisotopic (exact) mass is 474 g/mol. The molecule has 8 heteroatoms. The van der Waals surface area contributed by atoms with Crippen molar-refractivity contribution in [3.05, 3.63) is 64.3 Å². The Balaban J connectivity index is 1.30. The van der Waals surface area contributed by atoms with Gasteiger partial charge in [0.1, 0.15) is 5.52 Å². The van der Waals surface area contributed by atoms with E-state index >= 15 is 0 Å². The lowest BCUT2D eigenvalue weighted by molar-refractivity contribution is 0.232. The highest BCUT2D eigenvalue weighted by Gasteiger charge is 2.40. The Morgan fingerprint density at radius 3 is 2.59 bits per heavy atom. The minimum absolute atomic E-state index is 0.306. The molecule has 174 valence electrons. The predicted octanol–water partition coefficient (Wildman–Crippen LogP) is 4.85. The molecule has 1 fully saturated rings. The molecule has 0 atom stereocenters. The van der Waals surface area contributed by atoms with Gasteiger partial charge in [-0.05, 0) is 68.2 Å². The molecule has 1 aliphatic heterocycles. The van der Waals surface area contributed by atoms with Crippen LogP contribution in [0, 0.1) is 19.3 Å². The van der Waals surface area contributed by atoms with Crippen molar-refractivity contribution in [2.45, 2.75) is 39.5 Å². The molecule has 4 aromatic rings. The van der Waals surface area contributed by atoms with Gasteiger partial charge in [-0.2, -0.15) is 5.10 Å². The Bertz CT molecular complexity index is 1410. The van der Waals surface area contributed by atoms with E-state index in [1.807, 2.05) is 42.9 Å². The number of fused-ring (bicyclic) bond motifs is 2. The molecule has 0 amide bonds. The second kappa shape index (κ2) is 7.94. The standard InChI is InChI=1S/C26H27ClN6O/c1-16-23(27)20(4-8-28-16)24-17(2)31-25(21-5-9-30-33(21)24)32-10-6-26(7-11-32)13-18-12-22(34-3)29-15-19(18)14-26/h4-5,8-9,12,15H,6-7,10-11,13-14H2,1-3H3. The summed E-state index contributed by atoms with van der Waals surface area (Å²) in [6, 6.07) is 6.09. The second-order valence-corrected chi connectivity index (χ2v) is 9.97. The van der Waals surface area contributed by atoms with Gasteiger partial charge in [0.25, 0.3) is 0 Å². The van der Waals surface area contributed by atoms with Crippen LogP contribution in [0.25, 0.3) is 16.8 Å². The number of methoxy groups -OCH3 is 1. The second-order valence-electron chi connectivity index (χ2n) is 9.59. The van der Waals surface area contributed by atoms with E-state index in [-0.39, 0.29) is 0 Å². The van der Waals surface area contributed by atoms with Gasteiger partial charge >= 0.3 is 0 Å². The van der Waals surface area contributed by atoms with Crippen molar-refractivity contribution in [1.82, 2.24) is 24.6 Å². The molecule has 5 heterocycles. The number of aryl methyl sites for hydroxylation is 2. The van der Waals surface area contributed by atoms with E-state index in [4.69, 9.17) is 21.3 Å². The summed E-state index contributed by atoms with van der Waals surface area (Å²) in [7, 11) is 1.68. The summed E-state index contributed by atoms with van der Waals surface area (Å²) in [6.45, 7) is 5.90. The van der Waals surface area contributed by atoms with Gasteiger partial charge in [0.05, 0.1) is 35.4 Å². The zero-order chi connectivity index (χ0) is 23.4. The molecular weight excluding hydrogens is 448 g/mol. The number of pyridine rings is 2. The van der Waals surface area contributed by atoms with Crippen LogP contribution >= 0.6 is 11.6 Å². The van der Waals surface area contributed by atoms with Crippen LogP contribution in [-0.2, 0) is 12.8 Å². The fourth-order valence-electron chi connectivity index (χ4n) is 5.70. The maximum atomic E-state index is 6.63. The van der Waals surface area contributed by atoms with Crippen molar-refractivity contribution >= 4 is 22.9 Å². The average molecular weight is 475 g/mol. The third-order valence-corrected chi connectivity index (χ3v) is 8.02. The molecule has 0 saturated carbocycles. The van der Waals surface area contributed by atoms with E-state index in [0.717, 1.165) is 72.8 Å². The first-order valence-corrected chi connectivity index (χ1v) is 12.1. The summed E-state index contributed by atoms with van der Waals surface area (Å²) in [4.78, 5) is 16.2. The smallest absolute Gasteiger partial charge is 0.213 e. The van der Waals surface area contributed by atoms with Crippen molar-refractivity contribution in [1.29, 1.82) is 0 Å². The van der Waals surface area contributed by atoms with Gasteiger partial charge in [-0.3, -0.25) is 4.98 Å². The quantitative estimate of drug-likeness (QED) is 0.422. The van der Waals surface area contributed by atoms with Crippen molar-refractivity contribution in [3.8, 4) is 17.1 Å². The molecule has 1 spiro atoms. The number of anilines is 1. The number of aromatic nitrogens is 5. The average Bonchev–Trinajstić information content (AvgIpc) is 3.45. The molecule has 0 N–H and O–H groups in total. The lowest BCUT2D eigenvalue weighted by Gasteiger charge is -2.40. The number of hydrogen-bond donors (Lipinski definition) is 0. The van der Waals surface area contributed by atoms with E-state index in [1.54, 1.807) is 13.3 Å². The first-order chi connectivity index (χ1) is 16.5. The van der Waals surface area contributed by atoms with Crippen molar-refractivity contribution in [2.24, 2.45) is 5.41 Å². The fraction of sp³-hybridized carbons (Fsp3) is 0.385. The molecule has 1 aliphatic carbocycles. The molecule has 0 aromatic carbocycles. The van der Waals surface area contributed by atoms with Crippen LogP contribution in [0.4, 0.5) is 5.82 Å². The molecule has 2 aliphatic rings. The third kappa shape index (κ3) is 3.33. The topological polar surface area (TPSA) is 68.4 Å². The Kier molecular flexibility index (Phi) is 4.99. The molecule has 0 bridgehead atoms. The van der Waals surface area contributed by atoms with Gasteiger partial charge < -0.3 is 9.64 Å². The molecular formula is C26H27ClN6O. The lowest BCUT2D eigenvalue weighted by atomic mass is 9.76. The van der Waals surface area contributed by atoms with E-state index in [1.165, 1.54) is 11.1 Å². The van der Waals surface area contributed by atoms with E-state index < -0.39 is 0 Å². The number of halogens is 1. The summed E-state index contributed by atoms with van der Waals surface area (Å²) in [5, 5.41) is 5.29. The maximum Gasteiger partial charge on any atom is 0.213 e. The summed E-state index contributed by atoms with van der Waals surface area (Å²) < 4.78 is 7.32. The highest BCUT2D eigenvalue weighted by Crippen LogP contribution is 2.46. The SMILES string of the molecule is COc1cc2c(cn1)CC1(CCN(c3nc(C)c(-c4ccnc(C)c4Cl)n4nccc34)CC1)C2. The first kappa shape index (κ1) is 21.4. The van der Waals surface area contributed by atoms with Crippen molar-refractivity contribution in [2.75, 3.05) is 25.1 Å². The Hall–Kier alpha value is -3.19. The number of nitrogens with zero attached hydrogens (tertiary/aromatic N) is 6. The van der Waals surface area contributed by atoms with Gasteiger partial charge in [0.2, 0.25) is 5.88 Å². The first-order valence-electron chi connectivity index (χ1n) is 11.7. The molecule has 4 aromatic heterocycles. The highest BCUT2D eigenvalue weighted by molar-refractivity contribution is 6.33. The zero-order valence-electron chi connectivity index (χ0n) is 19.7. The third-order valence-electron chi connectivity index (χ3n) is 7.54. The van der Waals surface area contributed by atoms with Gasteiger partial charge in [0, 0.05) is 37.1 Å². The minimum atomic E-state index is 0.306. The van der Waals surface area contributed by atoms with Crippen molar-refractivity contribution in [3.63, 3.8) is 0 Å². The largest absolute Gasteiger partial charge is 0.481 e. The molecule has 6 rings (SSSR count). The van der Waals surface area contributed by atoms with E-state index in [2.05, 4.69) is 26.0 Å². The van der Waals surface area contributed by atoms with E-state index in [9.17, 15) is 0 Å². The van der Waals surface area contributed by atoms with Crippen LogP contribution in [0.15, 0.2) is 36.8 Å². The summed E-state index contributed by atoms with van der Waals surface area (Å²) in [5.74, 6) is 1.70. The molecule has 0 unspecified atom stereocenters. The van der Waals surface area contributed by atoms with E-state index in [0.29, 0.717) is 16.3 Å². The molecule has 0 radical (unpaired) electrons. The molecule has 1 saturated heterocycles. The fourth-order valence-corrected chi connectivity index (χ4v) is 5.90. The highest BCUT2D eigenvalue weighted by atomic mass is 35.5. The number of rotatable bonds is 3. The van der Waals surface area contributed by atoms with Crippen molar-refractivity contribution < 1.29 is 4.74 Å². The zero-order valence-corrected chi connectivity index (χ0v) is 20.4. The van der Waals surface area contributed by atoms with Crippen LogP contribution in [0.5, 0.6) is 5.88 Å². The number of piperidine rings is 1. The van der Waals surface area contributed by atoms with Crippen LogP contribution < -0.4 is 9.64 Å². The normalized spacial score (nSPS) is 16.9. The molecule has 34 heavy (non-hydrogen) atoms. The minimum Gasteiger partial charge on any atom is -0.481 e. The van der Waals surface area contributed by atoms with Crippen LogP contribution in [-0.4, -0.2) is 44.8 Å². The Labute approximate surface area is 203 Å². The van der Waals surface area contributed by atoms with Crippen LogP contribution in [0.3, 0.4) is 0 Å². The number of ether oxygens (including phenoxy) is 1. The van der Waals surface area contributed by atoms with Gasteiger partial charge in [-0.1, -0.05) is 11.6 Å². The van der Waals surface area contributed by atoms with Gasteiger partial charge in [0.15, 0.2) is 5.82 Å². The summed E-state index contributed by atoms with van der Waals surface area (Å²) in [5.41, 5.74) is 7.60.